The molecule has 1 aliphatic heterocycles. The Bertz CT molecular complexity index is 370. The standard InChI is InChI=1S/C12H19N3O2/c1-2-3-4-14-9-11(13-10-14)12(16)15-5-7-17-8-6-15/h9-10H,2-8H2,1H3. The third-order valence-corrected chi connectivity index (χ3v) is 2.92. The lowest BCUT2D eigenvalue weighted by molar-refractivity contribution is 0.0299. The van der Waals surface area contributed by atoms with Gasteiger partial charge in [-0.25, -0.2) is 4.98 Å². The molecule has 1 saturated heterocycles. The average Bonchev–Trinajstić information content (AvgIpc) is 2.85. The number of carbonyl (C=O) groups is 1. The molecule has 1 amide bonds. The molecule has 17 heavy (non-hydrogen) atoms. The van der Waals surface area contributed by atoms with Crippen LogP contribution in [0.15, 0.2) is 12.5 Å². The van der Waals surface area contributed by atoms with Gasteiger partial charge >= 0.3 is 0 Å². The van der Waals surface area contributed by atoms with Crippen LogP contribution in [0.2, 0.25) is 0 Å². The number of unbranched alkanes of at least 4 members (excludes halogenated alkanes) is 1. The van der Waals surface area contributed by atoms with Crippen LogP contribution in [-0.2, 0) is 11.3 Å². The predicted molar refractivity (Wildman–Crippen MR) is 63.9 cm³/mol. The first-order valence-electron chi connectivity index (χ1n) is 6.20. The highest BCUT2D eigenvalue weighted by atomic mass is 16.5. The number of imidazole rings is 1. The van der Waals surface area contributed by atoms with E-state index in [9.17, 15) is 4.79 Å². The summed E-state index contributed by atoms with van der Waals surface area (Å²) >= 11 is 0. The van der Waals surface area contributed by atoms with Crippen molar-refractivity contribution in [2.75, 3.05) is 26.3 Å². The minimum absolute atomic E-state index is 0.0172. The van der Waals surface area contributed by atoms with Gasteiger partial charge < -0.3 is 14.2 Å². The summed E-state index contributed by atoms with van der Waals surface area (Å²) in [6, 6.07) is 0. The summed E-state index contributed by atoms with van der Waals surface area (Å²) < 4.78 is 7.21. The van der Waals surface area contributed by atoms with E-state index in [2.05, 4.69) is 11.9 Å². The van der Waals surface area contributed by atoms with Crippen molar-refractivity contribution in [1.82, 2.24) is 14.5 Å². The van der Waals surface area contributed by atoms with E-state index < -0.39 is 0 Å². The molecule has 0 atom stereocenters. The number of nitrogens with zero attached hydrogens (tertiary/aromatic N) is 3. The number of ether oxygens (including phenoxy) is 1. The van der Waals surface area contributed by atoms with Gasteiger partial charge in [0.25, 0.3) is 5.91 Å². The van der Waals surface area contributed by atoms with Gasteiger partial charge in [0.2, 0.25) is 0 Å². The van der Waals surface area contributed by atoms with Gasteiger partial charge in [-0.3, -0.25) is 4.79 Å². The Kier molecular flexibility index (Phi) is 4.14. The van der Waals surface area contributed by atoms with Crippen molar-refractivity contribution in [1.29, 1.82) is 0 Å². The Morgan fingerprint density at radius 2 is 2.24 bits per heavy atom. The third kappa shape index (κ3) is 3.06. The molecule has 0 N–H and O–H groups in total. The highest BCUT2D eigenvalue weighted by Gasteiger charge is 2.20. The number of rotatable bonds is 4. The number of carbonyl (C=O) groups excluding carboxylic acids is 1. The quantitative estimate of drug-likeness (QED) is 0.789. The summed E-state index contributed by atoms with van der Waals surface area (Å²) in [4.78, 5) is 18.1. The second-order valence-corrected chi connectivity index (χ2v) is 4.25. The van der Waals surface area contributed by atoms with Crippen molar-refractivity contribution in [3.05, 3.63) is 18.2 Å². The van der Waals surface area contributed by atoms with Crippen molar-refractivity contribution in [2.24, 2.45) is 0 Å². The largest absolute Gasteiger partial charge is 0.378 e. The maximum atomic E-state index is 12.1. The smallest absolute Gasteiger partial charge is 0.274 e. The minimum atomic E-state index is 0.0172. The van der Waals surface area contributed by atoms with E-state index in [1.807, 2.05) is 10.8 Å². The summed E-state index contributed by atoms with van der Waals surface area (Å²) in [5, 5.41) is 0. The second-order valence-electron chi connectivity index (χ2n) is 4.25. The zero-order valence-electron chi connectivity index (χ0n) is 10.3. The fourth-order valence-electron chi connectivity index (χ4n) is 1.86. The van der Waals surface area contributed by atoms with Crippen LogP contribution in [-0.4, -0.2) is 46.7 Å². The van der Waals surface area contributed by atoms with E-state index >= 15 is 0 Å². The minimum Gasteiger partial charge on any atom is -0.378 e. The van der Waals surface area contributed by atoms with Gasteiger partial charge in [-0.15, -0.1) is 0 Å². The molecule has 0 saturated carbocycles. The molecule has 0 spiro atoms. The van der Waals surface area contributed by atoms with Crippen LogP contribution in [0, 0.1) is 0 Å². The summed E-state index contributed by atoms with van der Waals surface area (Å²) in [6.45, 7) is 5.67. The monoisotopic (exact) mass is 237 g/mol. The van der Waals surface area contributed by atoms with Gasteiger partial charge in [0.15, 0.2) is 0 Å². The molecule has 0 radical (unpaired) electrons. The van der Waals surface area contributed by atoms with Gasteiger partial charge in [0.1, 0.15) is 5.69 Å². The molecule has 0 bridgehead atoms. The van der Waals surface area contributed by atoms with Gasteiger partial charge in [0.05, 0.1) is 19.5 Å². The summed E-state index contributed by atoms with van der Waals surface area (Å²) in [5.74, 6) is 0.0172. The Labute approximate surface area is 101 Å². The molecular formula is C12H19N3O2. The molecule has 5 heteroatoms. The SMILES string of the molecule is CCCCn1cnc(C(=O)N2CCOCC2)c1. The van der Waals surface area contributed by atoms with Gasteiger partial charge in [-0.05, 0) is 6.42 Å². The number of morpholine rings is 1. The summed E-state index contributed by atoms with van der Waals surface area (Å²) in [6.07, 6.45) is 5.84. The normalized spacial score (nSPS) is 16.2. The van der Waals surface area contributed by atoms with Crippen LogP contribution < -0.4 is 0 Å². The van der Waals surface area contributed by atoms with E-state index in [4.69, 9.17) is 4.74 Å². The Balaban J connectivity index is 1.96. The maximum absolute atomic E-state index is 12.1. The van der Waals surface area contributed by atoms with Crippen molar-refractivity contribution in [3.63, 3.8) is 0 Å². The predicted octanol–water partition coefficient (Wildman–Crippen LogP) is 1.16. The van der Waals surface area contributed by atoms with E-state index in [0.29, 0.717) is 32.0 Å². The summed E-state index contributed by atoms with van der Waals surface area (Å²) in [7, 11) is 0. The lowest BCUT2D eigenvalue weighted by Gasteiger charge is -2.25. The lowest BCUT2D eigenvalue weighted by Crippen LogP contribution is -2.40. The number of amides is 1. The Hall–Kier alpha value is -1.36. The van der Waals surface area contributed by atoms with Gasteiger partial charge in [0, 0.05) is 25.8 Å². The van der Waals surface area contributed by atoms with Crippen LogP contribution in [0.25, 0.3) is 0 Å². The molecule has 0 aliphatic carbocycles. The summed E-state index contributed by atoms with van der Waals surface area (Å²) in [5.41, 5.74) is 0.544. The molecule has 1 aromatic rings. The highest BCUT2D eigenvalue weighted by molar-refractivity contribution is 5.92. The molecule has 0 aromatic carbocycles. The van der Waals surface area contributed by atoms with E-state index in [1.54, 1.807) is 11.2 Å². The molecule has 1 aliphatic rings. The van der Waals surface area contributed by atoms with E-state index in [0.717, 1.165) is 19.4 Å². The molecule has 0 unspecified atom stereocenters. The number of hydrogen-bond donors (Lipinski definition) is 0. The maximum Gasteiger partial charge on any atom is 0.274 e. The molecule has 94 valence electrons. The Morgan fingerprint density at radius 3 is 2.94 bits per heavy atom. The van der Waals surface area contributed by atoms with Crippen molar-refractivity contribution >= 4 is 5.91 Å². The highest BCUT2D eigenvalue weighted by Crippen LogP contribution is 2.06. The van der Waals surface area contributed by atoms with Crippen molar-refractivity contribution in [2.45, 2.75) is 26.3 Å². The number of aromatic nitrogens is 2. The molecule has 1 fully saturated rings. The topological polar surface area (TPSA) is 47.4 Å². The van der Waals surface area contributed by atoms with Crippen molar-refractivity contribution in [3.8, 4) is 0 Å². The first-order chi connectivity index (χ1) is 8.31. The number of hydrogen-bond acceptors (Lipinski definition) is 3. The zero-order valence-corrected chi connectivity index (χ0v) is 10.3. The average molecular weight is 237 g/mol. The molecule has 5 nitrogen and oxygen atoms in total. The van der Waals surface area contributed by atoms with E-state index in [1.165, 1.54) is 0 Å². The first kappa shape index (κ1) is 12.1. The molecular weight excluding hydrogens is 218 g/mol. The van der Waals surface area contributed by atoms with Crippen LogP contribution in [0.1, 0.15) is 30.3 Å². The fraction of sp³-hybridized carbons (Fsp3) is 0.667. The van der Waals surface area contributed by atoms with Gasteiger partial charge in [-0.2, -0.15) is 0 Å². The van der Waals surface area contributed by atoms with Crippen molar-refractivity contribution < 1.29 is 9.53 Å². The Morgan fingerprint density at radius 1 is 1.47 bits per heavy atom. The molecule has 2 rings (SSSR count). The molecule has 1 aromatic heterocycles. The van der Waals surface area contributed by atoms with Crippen LogP contribution in [0.5, 0.6) is 0 Å². The zero-order chi connectivity index (χ0) is 12.1. The van der Waals surface area contributed by atoms with Crippen LogP contribution in [0.3, 0.4) is 0 Å². The lowest BCUT2D eigenvalue weighted by atomic mass is 10.3. The fourth-order valence-corrected chi connectivity index (χ4v) is 1.86. The van der Waals surface area contributed by atoms with Crippen LogP contribution in [0.4, 0.5) is 0 Å². The third-order valence-electron chi connectivity index (χ3n) is 2.92. The number of aryl methyl sites for hydroxylation is 1. The van der Waals surface area contributed by atoms with E-state index in [-0.39, 0.29) is 5.91 Å². The van der Waals surface area contributed by atoms with Gasteiger partial charge in [-0.1, -0.05) is 13.3 Å². The second kappa shape index (κ2) is 5.82. The van der Waals surface area contributed by atoms with Crippen LogP contribution >= 0.6 is 0 Å². The first-order valence-corrected chi connectivity index (χ1v) is 6.20. The molecule has 2 heterocycles.